The van der Waals surface area contributed by atoms with Crippen LogP contribution in [0.3, 0.4) is 0 Å². The Morgan fingerprint density at radius 3 is 1.48 bits per heavy atom. The van der Waals surface area contributed by atoms with E-state index in [1.54, 1.807) is 6.08 Å². The third-order valence-corrected chi connectivity index (χ3v) is 13.3. The van der Waals surface area contributed by atoms with Crippen molar-refractivity contribution in [2.75, 3.05) is 19.8 Å². The Kier molecular flexibility index (Phi) is 43.8. The van der Waals surface area contributed by atoms with E-state index in [1.165, 1.54) is 161 Å². The maximum Gasteiger partial charge on any atom is 0.305 e. The summed E-state index contributed by atoms with van der Waals surface area (Å²) in [5.41, 5.74) is 0. The SMILES string of the molecule is CCCCCCCCC/C=C/CC/C=C/C(O)C(COC1OC(CO)C(O)C(O)C1O)NC(=O)CCCCCCCCCCCCCCCCCOC(=O)CCCCCCCCCCCCC. The van der Waals surface area contributed by atoms with Crippen LogP contribution < -0.4 is 5.32 Å². The van der Waals surface area contributed by atoms with Crippen LogP contribution in [0.5, 0.6) is 0 Å². The molecule has 0 bridgehead atoms. The summed E-state index contributed by atoms with van der Waals surface area (Å²) in [5.74, 6) is -0.220. The minimum atomic E-state index is -1.58. The normalized spacial score (nSPS) is 19.7. The number of allylic oxidation sites excluding steroid dienone is 3. The molecule has 6 N–H and O–H groups in total. The minimum absolute atomic E-state index is 0.0197. The lowest BCUT2D eigenvalue weighted by Crippen LogP contribution is -2.60. The Morgan fingerprint density at radius 1 is 0.537 bits per heavy atom. The number of carbonyl (C=O) groups is 2. The number of ether oxygens (including phenoxy) is 3. The summed E-state index contributed by atoms with van der Waals surface area (Å²) in [5, 5.41) is 54.3. The zero-order valence-corrected chi connectivity index (χ0v) is 43.1. The van der Waals surface area contributed by atoms with Crippen LogP contribution in [0.1, 0.15) is 258 Å². The topological polar surface area (TPSA) is 175 Å². The fourth-order valence-electron chi connectivity index (χ4n) is 8.80. The summed E-state index contributed by atoms with van der Waals surface area (Å²) in [4.78, 5) is 25.0. The maximum atomic E-state index is 13.0. The highest BCUT2D eigenvalue weighted by Gasteiger charge is 2.44. The Bertz CT molecular complexity index is 1170. The highest BCUT2D eigenvalue weighted by Crippen LogP contribution is 2.23. The molecular weight excluding hydrogens is 847 g/mol. The minimum Gasteiger partial charge on any atom is -0.466 e. The summed E-state index contributed by atoms with van der Waals surface area (Å²) < 4.78 is 16.7. The first kappa shape index (κ1) is 63.2. The summed E-state index contributed by atoms with van der Waals surface area (Å²) in [6, 6.07) is -0.833. The van der Waals surface area contributed by atoms with E-state index in [1.807, 2.05) is 6.08 Å². The van der Waals surface area contributed by atoms with E-state index in [-0.39, 0.29) is 18.5 Å². The molecule has 11 nitrogen and oxygen atoms in total. The molecule has 1 fully saturated rings. The number of rotatable bonds is 48. The van der Waals surface area contributed by atoms with Crippen LogP contribution in [0.4, 0.5) is 0 Å². The van der Waals surface area contributed by atoms with Crippen molar-refractivity contribution in [1.29, 1.82) is 0 Å². The number of hydrogen-bond donors (Lipinski definition) is 6. The molecule has 1 heterocycles. The summed E-state index contributed by atoms with van der Waals surface area (Å²) in [7, 11) is 0. The number of nitrogens with one attached hydrogen (secondary N) is 1. The van der Waals surface area contributed by atoms with Gasteiger partial charge >= 0.3 is 5.97 Å². The predicted molar refractivity (Wildman–Crippen MR) is 274 cm³/mol. The van der Waals surface area contributed by atoms with Crippen molar-refractivity contribution < 1.29 is 49.3 Å². The first-order valence-electron chi connectivity index (χ1n) is 28.1. The molecule has 1 rings (SSSR count). The van der Waals surface area contributed by atoms with E-state index in [0.29, 0.717) is 19.4 Å². The van der Waals surface area contributed by atoms with Crippen LogP contribution in [0.2, 0.25) is 0 Å². The van der Waals surface area contributed by atoms with E-state index < -0.39 is 49.5 Å². The molecule has 0 aromatic carbocycles. The van der Waals surface area contributed by atoms with Crippen LogP contribution in [-0.4, -0.2) is 100 Å². The molecule has 11 heteroatoms. The van der Waals surface area contributed by atoms with Crippen LogP contribution >= 0.6 is 0 Å². The molecule has 0 aromatic heterocycles. The van der Waals surface area contributed by atoms with Crippen LogP contribution in [0, 0.1) is 0 Å². The molecule has 0 aliphatic carbocycles. The average molecular weight is 952 g/mol. The molecular formula is C56H105NO10. The van der Waals surface area contributed by atoms with E-state index in [9.17, 15) is 35.1 Å². The predicted octanol–water partition coefficient (Wildman–Crippen LogP) is 12.2. The fourth-order valence-corrected chi connectivity index (χ4v) is 8.80. The van der Waals surface area contributed by atoms with Crippen molar-refractivity contribution in [3.05, 3.63) is 24.3 Å². The van der Waals surface area contributed by atoms with Gasteiger partial charge in [-0.15, -0.1) is 0 Å². The molecule has 7 atom stereocenters. The molecule has 67 heavy (non-hydrogen) atoms. The lowest BCUT2D eigenvalue weighted by atomic mass is 9.99. The van der Waals surface area contributed by atoms with E-state index in [4.69, 9.17) is 14.2 Å². The summed E-state index contributed by atoms with van der Waals surface area (Å²) >= 11 is 0. The molecule has 0 radical (unpaired) electrons. The van der Waals surface area contributed by atoms with Gasteiger partial charge in [-0.2, -0.15) is 0 Å². The van der Waals surface area contributed by atoms with Gasteiger partial charge < -0.3 is 45.1 Å². The standard InChI is InChI=1S/C56H105NO10/c1-3-5-7-9-11-13-15-19-23-26-30-34-38-42-49(59)48(47-66-56-55(64)54(63)53(62)50(46-58)67-56)57-51(60)43-39-35-31-27-24-20-17-16-18-21-25-29-33-37-41-45-65-52(61)44-40-36-32-28-22-14-12-10-8-6-4-2/h23,26,38,42,48-50,53-56,58-59,62-64H,3-22,24-25,27-37,39-41,43-47H2,1-2H3,(H,57,60)/b26-23+,42-38+. The van der Waals surface area contributed by atoms with Gasteiger partial charge in [-0.1, -0.05) is 224 Å². The van der Waals surface area contributed by atoms with Gasteiger partial charge in [0.25, 0.3) is 0 Å². The quantitative estimate of drug-likeness (QED) is 0.0196. The molecule has 1 aliphatic heterocycles. The molecule has 0 aromatic rings. The van der Waals surface area contributed by atoms with Gasteiger partial charge in [-0.05, 0) is 44.9 Å². The molecule has 1 amide bonds. The van der Waals surface area contributed by atoms with E-state index >= 15 is 0 Å². The maximum absolute atomic E-state index is 13.0. The number of unbranched alkanes of at least 4 members (excludes halogenated alkanes) is 32. The van der Waals surface area contributed by atoms with Crippen molar-refractivity contribution in [2.24, 2.45) is 0 Å². The number of esters is 1. The summed E-state index contributed by atoms with van der Waals surface area (Å²) in [6.07, 6.45) is 43.9. The van der Waals surface area contributed by atoms with Gasteiger partial charge in [0, 0.05) is 12.8 Å². The monoisotopic (exact) mass is 952 g/mol. The Labute approximate surface area is 410 Å². The van der Waals surface area contributed by atoms with Gasteiger partial charge in [0.1, 0.15) is 24.4 Å². The largest absolute Gasteiger partial charge is 0.466 e. The van der Waals surface area contributed by atoms with Crippen molar-refractivity contribution in [2.45, 2.75) is 301 Å². The third kappa shape index (κ3) is 36.7. The molecule has 7 unspecified atom stereocenters. The second-order valence-corrected chi connectivity index (χ2v) is 19.6. The van der Waals surface area contributed by atoms with E-state index in [2.05, 4.69) is 31.3 Å². The number of amides is 1. The zero-order valence-electron chi connectivity index (χ0n) is 43.1. The van der Waals surface area contributed by atoms with Crippen LogP contribution in [0.25, 0.3) is 0 Å². The molecule has 1 aliphatic rings. The Morgan fingerprint density at radius 2 is 0.970 bits per heavy atom. The molecule has 0 saturated carbocycles. The van der Waals surface area contributed by atoms with Crippen molar-refractivity contribution in [1.82, 2.24) is 5.32 Å². The van der Waals surface area contributed by atoms with E-state index in [0.717, 1.165) is 70.6 Å². The molecule has 1 saturated heterocycles. The highest BCUT2D eigenvalue weighted by atomic mass is 16.7. The van der Waals surface area contributed by atoms with Crippen molar-refractivity contribution >= 4 is 11.9 Å². The van der Waals surface area contributed by atoms with Crippen LogP contribution in [-0.2, 0) is 23.8 Å². The first-order chi connectivity index (χ1) is 32.7. The average Bonchev–Trinajstić information content (AvgIpc) is 3.32. The summed E-state index contributed by atoms with van der Waals surface area (Å²) in [6.45, 7) is 4.29. The van der Waals surface area contributed by atoms with Gasteiger partial charge in [0.2, 0.25) is 5.91 Å². The third-order valence-electron chi connectivity index (χ3n) is 13.3. The highest BCUT2D eigenvalue weighted by molar-refractivity contribution is 5.76. The second-order valence-electron chi connectivity index (χ2n) is 19.6. The zero-order chi connectivity index (χ0) is 48.8. The number of hydrogen-bond acceptors (Lipinski definition) is 10. The fraction of sp³-hybridized carbons (Fsp3) is 0.893. The van der Waals surface area contributed by atoms with Gasteiger partial charge in [0.05, 0.1) is 32.0 Å². The smallest absolute Gasteiger partial charge is 0.305 e. The number of aliphatic hydroxyl groups is 5. The Balaban J connectivity index is 2.15. The first-order valence-corrected chi connectivity index (χ1v) is 28.1. The molecule has 394 valence electrons. The van der Waals surface area contributed by atoms with Crippen molar-refractivity contribution in [3.63, 3.8) is 0 Å². The lowest BCUT2D eigenvalue weighted by molar-refractivity contribution is -0.302. The van der Waals surface area contributed by atoms with Gasteiger partial charge in [-0.3, -0.25) is 9.59 Å². The van der Waals surface area contributed by atoms with Gasteiger partial charge in [0.15, 0.2) is 6.29 Å². The van der Waals surface area contributed by atoms with Crippen molar-refractivity contribution in [3.8, 4) is 0 Å². The second kappa shape index (κ2) is 46.5. The Hall–Kier alpha value is -1.86. The van der Waals surface area contributed by atoms with Gasteiger partial charge in [-0.25, -0.2) is 0 Å². The molecule has 0 spiro atoms. The number of carbonyl (C=O) groups excluding carboxylic acids is 2. The van der Waals surface area contributed by atoms with Crippen LogP contribution in [0.15, 0.2) is 24.3 Å². The lowest BCUT2D eigenvalue weighted by Gasteiger charge is -2.40. The number of aliphatic hydroxyl groups excluding tert-OH is 5.